The van der Waals surface area contributed by atoms with Crippen LogP contribution in [0.15, 0.2) is 58.2 Å². The molecule has 0 spiro atoms. The lowest BCUT2D eigenvalue weighted by atomic mass is 10.3. The molecule has 4 rings (SSSR count). The molecular formula is C20H23FN4O3S. The Morgan fingerprint density at radius 3 is 2.34 bits per heavy atom. The molecular weight excluding hydrogens is 395 g/mol. The van der Waals surface area contributed by atoms with E-state index < -0.39 is 15.8 Å². The van der Waals surface area contributed by atoms with Crippen molar-refractivity contribution in [1.29, 1.82) is 0 Å². The number of imidazole rings is 1. The zero-order valence-electron chi connectivity index (χ0n) is 15.9. The Morgan fingerprint density at radius 2 is 1.62 bits per heavy atom. The van der Waals surface area contributed by atoms with E-state index in [2.05, 4.69) is 9.88 Å². The van der Waals surface area contributed by atoms with Crippen LogP contribution >= 0.6 is 0 Å². The highest BCUT2D eigenvalue weighted by Gasteiger charge is 2.28. The molecule has 1 aromatic heterocycles. The van der Waals surface area contributed by atoms with E-state index in [-0.39, 0.29) is 10.6 Å². The van der Waals surface area contributed by atoms with Gasteiger partial charge in [-0.25, -0.2) is 17.6 Å². The number of nitrogens with zero attached hydrogens (tertiary/aromatic N) is 3. The first-order valence-electron chi connectivity index (χ1n) is 9.61. The number of nitrogens with one attached hydrogen (secondary N) is 1. The van der Waals surface area contributed by atoms with Crippen molar-refractivity contribution in [1.82, 2.24) is 18.8 Å². The smallest absolute Gasteiger partial charge is 0.306 e. The number of H-pyrrole nitrogens is 1. The van der Waals surface area contributed by atoms with Crippen LogP contribution in [-0.2, 0) is 16.6 Å². The topological polar surface area (TPSA) is 78.4 Å². The van der Waals surface area contributed by atoms with Crippen molar-refractivity contribution in [3.05, 3.63) is 64.8 Å². The fourth-order valence-electron chi connectivity index (χ4n) is 3.73. The summed E-state index contributed by atoms with van der Waals surface area (Å²) in [6.07, 6.45) is 0.798. The number of para-hydroxylation sites is 2. The van der Waals surface area contributed by atoms with Crippen LogP contribution in [0.5, 0.6) is 0 Å². The van der Waals surface area contributed by atoms with E-state index in [1.54, 1.807) is 4.57 Å². The second-order valence-corrected chi connectivity index (χ2v) is 9.09. The molecule has 1 aliphatic rings. The predicted molar refractivity (Wildman–Crippen MR) is 109 cm³/mol. The van der Waals surface area contributed by atoms with Crippen molar-refractivity contribution in [3.8, 4) is 0 Å². The highest BCUT2D eigenvalue weighted by atomic mass is 32.2. The molecule has 0 bridgehead atoms. The fraction of sp³-hybridized carbons (Fsp3) is 0.350. The number of aromatic amines is 1. The maximum atomic E-state index is 13.1. The van der Waals surface area contributed by atoms with E-state index in [0.29, 0.717) is 32.7 Å². The standard InChI is InChI=1S/C20H23FN4O3S/c21-16-6-8-17(9-7-16)29(27,28)24-14-12-23(13-15-24)10-3-11-25-19-5-2-1-4-18(19)22-20(25)26/h1-2,4-9H,3,10-15H2,(H,22,26). The summed E-state index contributed by atoms with van der Waals surface area (Å²) in [5.74, 6) is -0.455. The van der Waals surface area contributed by atoms with Gasteiger partial charge in [-0.2, -0.15) is 4.31 Å². The van der Waals surface area contributed by atoms with E-state index >= 15 is 0 Å². The van der Waals surface area contributed by atoms with Crippen molar-refractivity contribution >= 4 is 21.1 Å². The molecule has 2 aromatic carbocycles. The number of sulfonamides is 1. The van der Waals surface area contributed by atoms with E-state index in [4.69, 9.17) is 0 Å². The fourth-order valence-corrected chi connectivity index (χ4v) is 5.15. The monoisotopic (exact) mass is 418 g/mol. The van der Waals surface area contributed by atoms with Crippen molar-refractivity contribution in [2.45, 2.75) is 17.9 Å². The van der Waals surface area contributed by atoms with Crippen LogP contribution < -0.4 is 5.69 Å². The van der Waals surface area contributed by atoms with E-state index in [1.165, 1.54) is 16.4 Å². The second-order valence-electron chi connectivity index (χ2n) is 7.15. The molecule has 0 unspecified atom stereocenters. The summed E-state index contributed by atoms with van der Waals surface area (Å²) in [6, 6.07) is 12.5. The zero-order chi connectivity index (χ0) is 20.4. The molecule has 154 valence electrons. The number of hydrogen-bond acceptors (Lipinski definition) is 4. The third-order valence-electron chi connectivity index (χ3n) is 5.32. The molecule has 0 aliphatic carbocycles. The van der Waals surface area contributed by atoms with Gasteiger partial charge in [0.1, 0.15) is 5.82 Å². The van der Waals surface area contributed by atoms with Gasteiger partial charge in [0.15, 0.2) is 0 Å². The summed E-state index contributed by atoms with van der Waals surface area (Å²) in [6.45, 7) is 3.44. The van der Waals surface area contributed by atoms with Crippen LogP contribution in [0.1, 0.15) is 6.42 Å². The predicted octanol–water partition coefficient (Wildman–Crippen LogP) is 1.87. The lowest BCUT2D eigenvalue weighted by molar-refractivity contribution is 0.184. The molecule has 0 saturated carbocycles. The van der Waals surface area contributed by atoms with Gasteiger partial charge in [-0.1, -0.05) is 12.1 Å². The average Bonchev–Trinajstić information content (AvgIpc) is 3.04. The molecule has 0 radical (unpaired) electrons. The van der Waals surface area contributed by atoms with Gasteiger partial charge in [-0.05, 0) is 49.4 Å². The van der Waals surface area contributed by atoms with Gasteiger partial charge in [0.05, 0.1) is 15.9 Å². The molecule has 2 heterocycles. The molecule has 29 heavy (non-hydrogen) atoms. The van der Waals surface area contributed by atoms with Gasteiger partial charge in [0.2, 0.25) is 10.0 Å². The van der Waals surface area contributed by atoms with Crippen molar-refractivity contribution in [2.75, 3.05) is 32.7 Å². The van der Waals surface area contributed by atoms with Crippen molar-refractivity contribution < 1.29 is 12.8 Å². The molecule has 9 heteroatoms. The number of benzene rings is 2. The van der Waals surface area contributed by atoms with Crippen LogP contribution in [-0.4, -0.2) is 59.9 Å². The molecule has 1 saturated heterocycles. The maximum absolute atomic E-state index is 13.1. The van der Waals surface area contributed by atoms with Crippen LogP contribution in [0.4, 0.5) is 4.39 Å². The van der Waals surface area contributed by atoms with Gasteiger partial charge in [-0.15, -0.1) is 0 Å². The maximum Gasteiger partial charge on any atom is 0.326 e. The Labute approximate surface area is 168 Å². The minimum absolute atomic E-state index is 0.110. The summed E-state index contributed by atoms with van der Waals surface area (Å²) >= 11 is 0. The summed E-state index contributed by atoms with van der Waals surface area (Å²) < 4.78 is 41.6. The third-order valence-corrected chi connectivity index (χ3v) is 7.23. The summed E-state index contributed by atoms with van der Waals surface area (Å²) in [5, 5.41) is 0. The van der Waals surface area contributed by atoms with Gasteiger partial charge in [-0.3, -0.25) is 4.57 Å². The first kappa shape index (κ1) is 19.8. The first-order valence-corrected chi connectivity index (χ1v) is 11.0. The Balaban J connectivity index is 1.31. The molecule has 7 nitrogen and oxygen atoms in total. The summed E-state index contributed by atoms with van der Waals surface area (Å²) in [7, 11) is -3.60. The number of piperazine rings is 1. The Morgan fingerprint density at radius 1 is 0.931 bits per heavy atom. The SMILES string of the molecule is O=c1[nH]c2ccccc2n1CCCN1CCN(S(=O)(=O)c2ccc(F)cc2)CC1. The number of hydrogen-bond donors (Lipinski definition) is 1. The molecule has 0 atom stereocenters. The Hall–Kier alpha value is -2.49. The van der Waals surface area contributed by atoms with Crippen molar-refractivity contribution in [3.63, 3.8) is 0 Å². The average molecular weight is 418 g/mol. The lowest BCUT2D eigenvalue weighted by Gasteiger charge is -2.34. The third kappa shape index (κ3) is 4.12. The second kappa shape index (κ2) is 8.10. The number of halogens is 1. The van der Waals surface area contributed by atoms with Crippen LogP contribution in [0.3, 0.4) is 0 Å². The minimum atomic E-state index is -3.60. The minimum Gasteiger partial charge on any atom is -0.306 e. The van der Waals surface area contributed by atoms with Gasteiger partial charge in [0.25, 0.3) is 0 Å². The van der Waals surface area contributed by atoms with Crippen molar-refractivity contribution in [2.24, 2.45) is 0 Å². The number of fused-ring (bicyclic) bond motifs is 1. The molecule has 0 amide bonds. The lowest BCUT2D eigenvalue weighted by Crippen LogP contribution is -2.48. The van der Waals surface area contributed by atoms with Gasteiger partial charge < -0.3 is 9.88 Å². The Bertz CT molecular complexity index is 1150. The highest BCUT2D eigenvalue weighted by Crippen LogP contribution is 2.18. The summed E-state index contributed by atoms with van der Waals surface area (Å²) in [4.78, 5) is 17.3. The molecule has 1 fully saturated rings. The van der Waals surface area contributed by atoms with Crippen LogP contribution in [0, 0.1) is 5.82 Å². The normalized spacial score (nSPS) is 16.4. The first-order chi connectivity index (χ1) is 13.9. The highest BCUT2D eigenvalue weighted by molar-refractivity contribution is 7.89. The Kier molecular flexibility index (Phi) is 5.53. The molecule has 1 N–H and O–H groups in total. The van der Waals surface area contributed by atoms with Crippen LogP contribution in [0.25, 0.3) is 11.0 Å². The number of aryl methyl sites for hydroxylation is 1. The number of aromatic nitrogens is 2. The zero-order valence-corrected chi connectivity index (χ0v) is 16.7. The van der Waals surface area contributed by atoms with Gasteiger partial charge in [0, 0.05) is 32.7 Å². The van der Waals surface area contributed by atoms with E-state index in [0.717, 1.165) is 36.1 Å². The van der Waals surface area contributed by atoms with E-state index in [1.807, 2.05) is 24.3 Å². The number of rotatable bonds is 6. The molecule has 1 aliphatic heterocycles. The van der Waals surface area contributed by atoms with E-state index in [9.17, 15) is 17.6 Å². The van der Waals surface area contributed by atoms with Gasteiger partial charge >= 0.3 is 5.69 Å². The molecule has 3 aromatic rings. The summed E-state index contributed by atoms with van der Waals surface area (Å²) in [5.41, 5.74) is 1.62. The largest absolute Gasteiger partial charge is 0.326 e. The quantitative estimate of drug-likeness (QED) is 0.663. The van der Waals surface area contributed by atoms with Crippen LogP contribution in [0.2, 0.25) is 0 Å².